The van der Waals surface area contributed by atoms with Crippen LogP contribution in [-0.4, -0.2) is 60.5 Å². The van der Waals surface area contributed by atoms with Gasteiger partial charge >= 0.3 is 13.1 Å². The van der Waals surface area contributed by atoms with Crippen LogP contribution in [0, 0.1) is 34.0 Å². The third-order valence-corrected chi connectivity index (χ3v) is 11.3. The summed E-state index contributed by atoms with van der Waals surface area (Å²) >= 11 is 0. The molecule has 9 atom stereocenters. The van der Waals surface area contributed by atoms with Crippen molar-refractivity contribution in [3.63, 3.8) is 0 Å². The predicted octanol–water partition coefficient (Wildman–Crippen LogP) is 2.40. The topological polar surface area (TPSA) is 115 Å². The summed E-state index contributed by atoms with van der Waals surface area (Å²) in [5, 5.41) is 21.8. The van der Waals surface area contributed by atoms with Gasteiger partial charge in [-0.15, -0.1) is 0 Å². The van der Waals surface area contributed by atoms with Gasteiger partial charge in [0.25, 0.3) is 0 Å². The molecule has 1 saturated heterocycles. The van der Waals surface area contributed by atoms with Crippen LogP contribution >= 0.6 is 0 Å². The van der Waals surface area contributed by atoms with E-state index in [1.807, 2.05) is 6.07 Å². The largest absolute Gasteiger partial charge is 0.491 e. The monoisotopic (exact) mass is 526 g/mol. The summed E-state index contributed by atoms with van der Waals surface area (Å²) in [5.41, 5.74) is 0.0757. The molecular weight excluding hydrogens is 487 g/mol. The maximum absolute atomic E-state index is 13.6. The molecule has 3 saturated carbocycles. The molecule has 1 aromatic rings. The number of hydrogen-bond acceptors (Lipinski definition) is 8. The van der Waals surface area contributed by atoms with Crippen molar-refractivity contribution < 1.29 is 38.6 Å². The van der Waals surface area contributed by atoms with Crippen LogP contribution in [0.4, 0.5) is 0 Å². The van der Waals surface area contributed by atoms with Crippen molar-refractivity contribution in [3.05, 3.63) is 23.8 Å². The minimum atomic E-state index is -0.997. The fourth-order valence-electron chi connectivity index (χ4n) is 8.67. The van der Waals surface area contributed by atoms with Crippen molar-refractivity contribution in [2.45, 2.75) is 84.7 Å². The molecule has 38 heavy (non-hydrogen) atoms. The van der Waals surface area contributed by atoms with Gasteiger partial charge in [0.2, 0.25) is 0 Å². The molecule has 2 aliphatic heterocycles. The van der Waals surface area contributed by atoms with E-state index in [1.165, 1.54) is 0 Å². The summed E-state index contributed by atoms with van der Waals surface area (Å²) in [5.74, 6) is 0.0335. The number of carbonyl (C=O) groups is 2. The minimum Gasteiger partial charge on any atom is -0.482 e. The molecule has 4 fully saturated rings. The van der Waals surface area contributed by atoms with E-state index >= 15 is 0 Å². The Morgan fingerprint density at radius 3 is 2.74 bits per heavy atom. The van der Waals surface area contributed by atoms with E-state index in [9.17, 15) is 19.7 Å². The number of carbonyl (C=O) groups excluding carboxylic acids is 2. The smallest absolute Gasteiger partial charge is 0.482 e. The maximum atomic E-state index is 13.6. The standard InChI is InChI=1S/C29H39BO8/c1-16-7-9-29-10-8-21(31)25(29)28(16,4)22(12-27(3,23-14-36-23)26(33)17(29)2)38-24(32)15-35-19-6-5-18-13-37-30(34)20(18)11-19/h5-6,11,16-17,22-23,25-26,33-34H,7-10,12-15H2,1-4H3/t16-,17+,22-,23?,25+,26+,27+,28+,29+/m1/s1. The fraction of sp³-hybridized carbons (Fsp3) is 0.724. The Morgan fingerprint density at radius 1 is 1.24 bits per heavy atom. The second kappa shape index (κ2) is 9.05. The molecule has 6 rings (SSSR count). The van der Waals surface area contributed by atoms with Gasteiger partial charge in [-0.1, -0.05) is 33.8 Å². The van der Waals surface area contributed by atoms with Crippen molar-refractivity contribution in [2.24, 2.45) is 34.0 Å². The second-order valence-electron chi connectivity index (χ2n) is 13.0. The highest BCUT2D eigenvalue weighted by Gasteiger charge is 2.70. The first-order valence-electron chi connectivity index (χ1n) is 14.1. The number of hydrogen-bond donors (Lipinski definition) is 2. The summed E-state index contributed by atoms with van der Waals surface area (Å²) in [6.45, 7) is 9.12. The number of Topliss-reactive ketones (excluding diaryl/α,β-unsaturated/α-hetero) is 1. The molecular formula is C29H39BO8. The van der Waals surface area contributed by atoms with Crippen molar-refractivity contribution in [2.75, 3.05) is 13.2 Å². The summed E-state index contributed by atoms with van der Waals surface area (Å²) in [7, 11) is -0.997. The van der Waals surface area contributed by atoms with E-state index in [1.54, 1.807) is 12.1 Å². The lowest BCUT2D eigenvalue weighted by Crippen LogP contribution is -2.64. The van der Waals surface area contributed by atoms with Gasteiger partial charge < -0.3 is 29.0 Å². The van der Waals surface area contributed by atoms with Crippen molar-refractivity contribution >= 4 is 24.3 Å². The van der Waals surface area contributed by atoms with E-state index in [4.69, 9.17) is 18.9 Å². The van der Waals surface area contributed by atoms with E-state index < -0.39 is 36.1 Å². The third-order valence-electron chi connectivity index (χ3n) is 11.3. The van der Waals surface area contributed by atoms with Gasteiger partial charge in [-0.05, 0) is 66.1 Å². The maximum Gasteiger partial charge on any atom is 0.491 e. The Bertz CT molecular complexity index is 1140. The summed E-state index contributed by atoms with van der Waals surface area (Å²) in [4.78, 5) is 26.9. The Hall–Kier alpha value is -1.94. The number of esters is 1. The van der Waals surface area contributed by atoms with Crippen LogP contribution in [0.5, 0.6) is 5.75 Å². The first kappa shape index (κ1) is 26.3. The highest BCUT2D eigenvalue weighted by molar-refractivity contribution is 6.61. The normalized spacial score (nSPS) is 43.6. The molecule has 8 nitrogen and oxygen atoms in total. The molecule has 0 spiro atoms. The van der Waals surface area contributed by atoms with Crippen LogP contribution < -0.4 is 10.2 Å². The molecule has 2 bridgehead atoms. The molecule has 0 amide bonds. The molecule has 2 N–H and O–H groups in total. The third kappa shape index (κ3) is 3.79. The second-order valence-corrected chi connectivity index (χ2v) is 13.0. The van der Waals surface area contributed by atoms with Crippen LogP contribution in [0.3, 0.4) is 0 Å². The zero-order chi connectivity index (χ0) is 27.0. The molecule has 0 aromatic heterocycles. The van der Waals surface area contributed by atoms with Crippen molar-refractivity contribution in [3.8, 4) is 5.75 Å². The Balaban J connectivity index is 1.29. The lowest BCUT2D eigenvalue weighted by Gasteiger charge is -2.62. The van der Waals surface area contributed by atoms with Crippen LogP contribution in [0.25, 0.3) is 0 Å². The van der Waals surface area contributed by atoms with Gasteiger partial charge in [0.15, 0.2) is 6.61 Å². The van der Waals surface area contributed by atoms with Gasteiger partial charge in [0.1, 0.15) is 17.6 Å². The van der Waals surface area contributed by atoms with Crippen molar-refractivity contribution in [1.82, 2.24) is 0 Å². The van der Waals surface area contributed by atoms with E-state index in [2.05, 4.69) is 27.7 Å². The Morgan fingerprint density at radius 2 is 2.00 bits per heavy atom. The van der Waals surface area contributed by atoms with Gasteiger partial charge in [-0.25, -0.2) is 4.79 Å². The summed E-state index contributed by atoms with van der Waals surface area (Å²) in [6, 6.07) is 5.25. The van der Waals surface area contributed by atoms with Crippen molar-refractivity contribution in [1.29, 1.82) is 0 Å². The van der Waals surface area contributed by atoms with Crippen LogP contribution in [0.1, 0.15) is 65.4 Å². The van der Waals surface area contributed by atoms with Gasteiger partial charge in [-0.2, -0.15) is 0 Å². The number of aliphatic hydroxyl groups excluding tert-OH is 1. The van der Waals surface area contributed by atoms with E-state index in [-0.39, 0.29) is 41.7 Å². The van der Waals surface area contributed by atoms with Gasteiger partial charge in [0.05, 0.1) is 25.4 Å². The number of benzene rings is 1. The lowest BCUT2D eigenvalue weighted by atomic mass is 9.43. The quantitative estimate of drug-likeness (QED) is 0.342. The lowest BCUT2D eigenvalue weighted by molar-refractivity contribution is -0.214. The first-order valence-corrected chi connectivity index (χ1v) is 14.1. The van der Waals surface area contributed by atoms with Crippen LogP contribution in [0.2, 0.25) is 0 Å². The van der Waals surface area contributed by atoms with E-state index in [0.29, 0.717) is 37.3 Å². The first-order chi connectivity index (χ1) is 18.0. The van der Waals surface area contributed by atoms with Crippen LogP contribution in [-0.2, 0) is 30.3 Å². The fourth-order valence-corrected chi connectivity index (χ4v) is 8.67. The SMILES string of the molecule is C[C@@H]1CC[C@@]23CCC(=O)[C@H]2[C@]1(C)[C@H](OC(=O)COc1ccc2c(c1)B(O)OC2)C[C@@](C)(C1CO1)[C@@H](O)[C@@H]3C. The Kier molecular flexibility index (Phi) is 6.26. The molecule has 2 heterocycles. The molecule has 1 unspecified atom stereocenters. The number of aliphatic hydroxyl groups is 1. The number of fused-ring (bicyclic) bond motifs is 1. The number of ether oxygens (including phenoxy) is 3. The van der Waals surface area contributed by atoms with Crippen LogP contribution in [0.15, 0.2) is 18.2 Å². The summed E-state index contributed by atoms with van der Waals surface area (Å²) in [6.07, 6.45) is 2.22. The molecule has 0 radical (unpaired) electrons. The average molecular weight is 526 g/mol. The molecule has 9 heteroatoms. The van der Waals surface area contributed by atoms with Gasteiger partial charge in [-0.3, -0.25) is 4.79 Å². The van der Waals surface area contributed by atoms with Gasteiger partial charge in [0, 0.05) is 23.2 Å². The molecule has 3 aliphatic carbocycles. The summed E-state index contributed by atoms with van der Waals surface area (Å²) < 4.78 is 23.0. The number of epoxide rings is 1. The molecule has 1 aromatic carbocycles. The Labute approximate surface area is 224 Å². The highest BCUT2D eigenvalue weighted by Crippen LogP contribution is 2.68. The average Bonchev–Trinajstić information content (AvgIpc) is 3.62. The van der Waals surface area contributed by atoms with E-state index in [0.717, 1.165) is 24.8 Å². The predicted molar refractivity (Wildman–Crippen MR) is 139 cm³/mol. The minimum absolute atomic E-state index is 0.0564. The number of rotatable bonds is 5. The highest BCUT2D eigenvalue weighted by atomic mass is 16.6. The zero-order valence-electron chi connectivity index (χ0n) is 22.8. The zero-order valence-corrected chi connectivity index (χ0v) is 22.8. The number of ketones is 1. The molecule has 206 valence electrons. The molecule has 5 aliphatic rings.